The van der Waals surface area contributed by atoms with E-state index in [-0.39, 0.29) is 46.9 Å². The van der Waals surface area contributed by atoms with E-state index in [0.717, 1.165) is 12.8 Å². The molecule has 0 spiro atoms. The first kappa shape index (κ1) is 21.2. The Morgan fingerprint density at radius 1 is 1.28 bits per heavy atom. The average Bonchev–Trinajstić information content (AvgIpc) is 2.68. The van der Waals surface area contributed by atoms with Crippen LogP contribution >= 0.6 is 11.6 Å². The minimum Gasteiger partial charge on any atom is -0.550 e. The molecule has 1 aromatic heterocycles. The number of rotatable bonds is 6. The number of hydrogen-bond acceptors (Lipinski definition) is 6. The first-order valence-corrected chi connectivity index (χ1v) is 10.1. The molecule has 1 heterocycles. The molecule has 0 saturated heterocycles. The number of amides is 1. The highest BCUT2D eigenvalue weighted by molar-refractivity contribution is 6.32. The Morgan fingerprint density at radius 3 is 2.62 bits per heavy atom. The van der Waals surface area contributed by atoms with Crippen molar-refractivity contribution in [1.82, 2.24) is 5.32 Å². The molecule has 0 bridgehead atoms. The Morgan fingerprint density at radius 2 is 1.97 bits per heavy atom. The van der Waals surface area contributed by atoms with Crippen LogP contribution in [0.3, 0.4) is 0 Å². The van der Waals surface area contributed by atoms with Crippen molar-refractivity contribution in [2.24, 2.45) is 11.8 Å². The number of aryl methyl sites for hydroxylation is 1. The van der Waals surface area contributed by atoms with Gasteiger partial charge in [-0.15, -0.1) is 0 Å². The molecule has 0 unspecified atom stereocenters. The van der Waals surface area contributed by atoms with Gasteiger partial charge < -0.3 is 24.7 Å². The summed E-state index contributed by atoms with van der Waals surface area (Å²) in [4.78, 5) is 35.4. The summed E-state index contributed by atoms with van der Waals surface area (Å²) < 4.78 is 5.27. The largest absolute Gasteiger partial charge is 0.550 e. The molecular weight excluding hydrogens is 398 g/mol. The Bertz CT molecular complexity index is 991. The van der Waals surface area contributed by atoms with E-state index in [9.17, 15) is 24.6 Å². The van der Waals surface area contributed by atoms with E-state index in [2.05, 4.69) is 5.32 Å². The zero-order valence-electron chi connectivity index (χ0n) is 16.1. The summed E-state index contributed by atoms with van der Waals surface area (Å²) in [7, 11) is 0. The Hall–Kier alpha value is -2.54. The van der Waals surface area contributed by atoms with E-state index >= 15 is 0 Å². The van der Waals surface area contributed by atoms with Gasteiger partial charge >= 0.3 is 5.63 Å². The molecule has 8 heteroatoms. The fourth-order valence-electron chi connectivity index (χ4n) is 3.87. The van der Waals surface area contributed by atoms with Crippen LogP contribution in [0.4, 0.5) is 0 Å². The van der Waals surface area contributed by atoms with Crippen LogP contribution in [-0.2, 0) is 16.0 Å². The molecule has 1 aliphatic carbocycles. The van der Waals surface area contributed by atoms with Gasteiger partial charge in [-0.2, -0.15) is 0 Å². The summed E-state index contributed by atoms with van der Waals surface area (Å²) >= 11 is 5.95. The maximum absolute atomic E-state index is 12.3. The smallest absolute Gasteiger partial charge is 0.339 e. The first-order chi connectivity index (χ1) is 13.8. The van der Waals surface area contributed by atoms with Crippen LogP contribution in [0, 0.1) is 18.8 Å². The second kappa shape index (κ2) is 8.86. The van der Waals surface area contributed by atoms with Crippen molar-refractivity contribution >= 4 is 34.4 Å². The van der Waals surface area contributed by atoms with Gasteiger partial charge in [0.05, 0.1) is 5.02 Å². The minimum absolute atomic E-state index is 0.136. The van der Waals surface area contributed by atoms with Crippen LogP contribution < -0.4 is 16.0 Å². The van der Waals surface area contributed by atoms with E-state index in [0.29, 0.717) is 35.9 Å². The number of carboxylic acids is 1. The molecular formula is C21H23ClNO6-. The number of halogens is 1. The number of carbonyl (C=O) groups excluding carboxylic acids is 2. The van der Waals surface area contributed by atoms with Gasteiger partial charge in [0.15, 0.2) is 0 Å². The van der Waals surface area contributed by atoms with Gasteiger partial charge in [-0.3, -0.25) is 4.79 Å². The van der Waals surface area contributed by atoms with Crippen molar-refractivity contribution in [3.05, 3.63) is 38.7 Å². The van der Waals surface area contributed by atoms with E-state index in [4.69, 9.17) is 16.0 Å². The predicted octanol–water partition coefficient (Wildman–Crippen LogP) is 2.07. The second-order valence-corrected chi connectivity index (χ2v) is 8.04. The normalized spacial score (nSPS) is 19.2. The van der Waals surface area contributed by atoms with Crippen molar-refractivity contribution in [3.63, 3.8) is 0 Å². The zero-order chi connectivity index (χ0) is 21.1. The summed E-state index contributed by atoms with van der Waals surface area (Å²) in [6, 6.07) is 2.84. The highest BCUT2D eigenvalue weighted by Gasteiger charge is 2.22. The number of benzene rings is 1. The van der Waals surface area contributed by atoms with Gasteiger partial charge in [0.1, 0.15) is 11.3 Å². The van der Waals surface area contributed by atoms with E-state index in [1.54, 1.807) is 6.92 Å². The summed E-state index contributed by atoms with van der Waals surface area (Å²) in [5.41, 5.74) is 0.787. The van der Waals surface area contributed by atoms with Crippen molar-refractivity contribution in [2.75, 3.05) is 6.54 Å². The lowest BCUT2D eigenvalue weighted by Gasteiger charge is -2.29. The SMILES string of the molecule is Cc1c(CCC(=O)NCC2CCC(C(=O)[O-])CC2)c(=O)oc2cc(O)c(Cl)cc12. The van der Waals surface area contributed by atoms with Gasteiger partial charge in [-0.1, -0.05) is 11.6 Å². The maximum atomic E-state index is 12.3. The van der Waals surface area contributed by atoms with Crippen LogP contribution in [0.25, 0.3) is 11.0 Å². The topological polar surface area (TPSA) is 120 Å². The van der Waals surface area contributed by atoms with Gasteiger partial charge in [-0.25, -0.2) is 4.79 Å². The lowest BCUT2D eigenvalue weighted by molar-refractivity contribution is -0.312. The molecule has 29 heavy (non-hydrogen) atoms. The number of hydrogen-bond donors (Lipinski definition) is 2. The standard InChI is InChI=1S/C21H24ClNO6/c1-11-14(21(28)29-18-9-17(24)16(22)8-15(11)18)6-7-19(25)23-10-12-2-4-13(5-3-12)20(26)27/h8-9,12-13,24H,2-7,10H2,1H3,(H,23,25)(H,26,27)/p-1. The molecule has 2 N–H and O–H groups in total. The third kappa shape index (κ3) is 4.90. The highest BCUT2D eigenvalue weighted by atomic mass is 35.5. The second-order valence-electron chi connectivity index (χ2n) is 7.63. The molecule has 1 aliphatic rings. The maximum Gasteiger partial charge on any atom is 0.339 e. The number of phenols is 1. The number of aliphatic carboxylic acids is 1. The third-order valence-corrected chi connectivity index (χ3v) is 6.03. The first-order valence-electron chi connectivity index (χ1n) is 9.68. The van der Waals surface area contributed by atoms with Crippen LogP contribution in [0.1, 0.15) is 43.2 Å². The van der Waals surface area contributed by atoms with E-state index < -0.39 is 11.6 Å². The molecule has 1 saturated carbocycles. The van der Waals surface area contributed by atoms with Crippen LogP contribution in [0.15, 0.2) is 21.3 Å². The van der Waals surface area contributed by atoms with Crippen molar-refractivity contribution < 1.29 is 24.2 Å². The fraction of sp³-hybridized carbons (Fsp3) is 0.476. The molecule has 0 atom stereocenters. The highest BCUT2D eigenvalue weighted by Crippen LogP contribution is 2.31. The number of fused-ring (bicyclic) bond motifs is 1. The lowest BCUT2D eigenvalue weighted by Crippen LogP contribution is -2.36. The van der Waals surface area contributed by atoms with Crippen LogP contribution in [0.2, 0.25) is 5.02 Å². The Balaban J connectivity index is 1.58. The van der Waals surface area contributed by atoms with E-state index in [1.165, 1.54) is 12.1 Å². The average molecular weight is 421 g/mol. The molecule has 1 aromatic carbocycles. The number of aromatic hydroxyl groups is 1. The Labute approximate surface area is 172 Å². The van der Waals surface area contributed by atoms with Crippen molar-refractivity contribution in [2.45, 2.75) is 45.4 Å². The van der Waals surface area contributed by atoms with E-state index in [1.807, 2.05) is 0 Å². The molecule has 156 valence electrons. The van der Waals surface area contributed by atoms with Crippen LogP contribution in [0.5, 0.6) is 5.75 Å². The minimum atomic E-state index is -0.992. The van der Waals surface area contributed by atoms with Crippen molar-refractivity contribution in [1.29, 1.82) is 0 Å². The molecule has 0 radical (unpaired) electrons. The van der Waals surface area contributed by atoms with Crippen molar-refractivity contribution in [3.8, 4) is 5.75 Å². The molecule has 3 rings (SSSR count). The molecule has 2 aromatic rings. The summed E-state index contributed by atoms with van der Waals surface area (Å²) in [6.45, 7) is 2.26. The number of phenolic OH excluding ortho intramolecular Hbond substituents is 1. The van der Waals surface area contributed by atoms with Gasteiger partial charge in [0.2, 0.25) is 5.91 Å². The number of nitrogens with one attached hydrogen (secondary N) is 1. The summed E-state index contributed by atoms with van der Waals surface area (Å²) in [6.07, 6.45) is 3.03. The molecule has 0 aliphatic heterocycles. The quantitative estimate of drug-likeness (QED) is 0.690. The Kier molecular flexibility index (Phi) is 6.47. The fourth-order valence-corrected chi connectivity index (χ4v) is 4.04. The monoisotopic (exact) mass is 420 g/mol. The molecule has 1 amide bonds. The van der Waals surface area contributed by atoms with Gasteiger partial charge in [-0.05, 0) is 62.5 Å². The molecule has 7 nitrogen and oxygen atoms in total. The van der Waals surface area contributed by atoms with Gasteiger partial charge in [0, 0.05) is 36.0 Å². The number of carbonyl (C=O) groups is 2. The summed E-state index contributed by atoms with van der Waals surface area (Å²) in [5.74, 6) is -1.45. The zero-order valence-corrected chi connectivity index (χ0v) is 16.9. The summed E-state index contributed by atoms with van der Waals surface area (Å²) in [5, 5.41) is 24.2. The number of carboxylic acid groups (broad SMARTS) is 1. The lowest BCUT2D eigenvalue weighted by atomic mass is 9.82. The third-order valence-electron chi connectivity index (χ3n) is 5.72. The predicted molar refractivity (Wildman–Crippen MR) is 106 cm³/mol. The van der Waals surface area contributed by atoms with Gasteiger partial charge in [0.25, 0.3) is 0 Å². The molecule has 1 fully saturated rings. The van der Waals surface area contributed by atoms with Crippen LogP contribution in [-0.4, -0.2) is 23.5 Å².